The molecular formula is C24H29N5O3S. The highest BCUT2D eigenvalue weighted by Crippen LogP contribution is 2.24. The molecule has 0 saturated carbocycles. The number of carbonyl (C=O) groups excluding carboxylic acids is 1. The van der Waals surface area contributed by atoms with E-state index in [0.29, 0.717) is 35.9 Å². The summed E-state index contributed by atoms with van der Waals surface area (Å²) in [6.45, 7) is 8.09. The third-order valence-corrected chi connectivity index (χ3v) is 6.79. The van der Waals surface area contributed by atoms with Crippen LogP contribution in [0.25, 0.3) is 16.7 Å². The van der Waals surface area contributed by atoms with Crippen LogP contribution in [0, 0.1) is 13.8 Å². The van der Waals surface area contributed by atoms with E-state index in [4.69, 9.17) is 4.74 Å². The number of aromatic nitrogens is 5. The van der Waals surface area contributed by atoms with E-state index in [0.717, 1.165) is 35.4 Å². The quantitative estimate of drug-likeness (QED) is 0.200. The molecule has 174 valence electrons. The minimum Gasteiger partial charge on any atom is -0.385 e. The van der Waals surface area contributed by atoms with Gasteiger partial charge in [0.15, 0.2) is 10.9 Å². The predicted molar refractivity (Wildman–Crippen MR) is 130 cm³/mol. The Morgan fingerprint density at radius 1 is 1.12 bits per heavy atom. The van der Waals surface area contributed by atoms with Gasteiger partial charge in [-0.1, -0.05) is 30.8 Å². The second-order valence-corrected chi connectivity index (χ2v) is 9.03. The zero-order chi connectivity index (χ0) is 23.5. The summed E-state index contributed by atoms with van der Waals surface area (Å²) in [5.41, 5.74) is 3.49. The number of thioether (sulfide) groups is 1. The molecule has 33 heavy (non-hydrogen) atoms. The first-order chi connectivity index (χ1) is 16.0. The molecule has 0 unspecified atom stereocenters. The van der Waals surface area contributed by atoms with Gasteiger partial charge in [0.2, 0.25) is 5.78 Å². The van der Waals surface area contributed by atoms with Crippen LogP contribution in [0.2, 0.25) is 0 Å². The maximum absolute atomic E-state index is 13.1. The fraction of sp³-hybridized carbons (Fsp3) is 0.417. The topological polar surface area (TPSA) is 83.4 Å². The number of carbonyl (C=O) groups is 1. The molecule has 0 spiro atoms. The molecule has 0 saturated heterocycles. The Morgan fingerprint density at radius 3 is 2.67 bits per heavy atom. The van der Waals surface area contributed by atoms with E-state index in [2.05, 4.69) is 21.7 Å². The molecule has 3 heterocycles. The van der Waals surface area contributed by atoms with Crippen molar-refractivity contribution in [2.75, 3.05) is 19.5 Å². The summed E-state index contributed by atoms with van der Waals surface area (Å²) in [4.78, 5) is 26.2. The van der Waals surface area contributed by atoms with Gasteiger partial charge in [-0.05, 0) is 44.9 Å². The van der Waals surface area contributed by atoms with E-state index >= 15 is 0 Å². The second-order valence-electron chi connectivity index (χ2n) is 8.09. The van der Waals surface area contributed by atoms with Crippen molar-refractivity contribution in [3.8, 4) is 0 Å². The fourth-order valence-electron chi connectivity index (χ4n) is 4.25. The van der Waals surface area contributed by atoms with Crippen LogP contribution < -0.4 is 5.56 Å². The first kappa shape index (κ1) is 23.3. The highest BCUT2D eigenvalue weighted by molar-refractivity contribution is 7.99. The first-order valence-corrected chi connectivity index (χ1v) is 12.1. The average molecular weight is 468 g/mol. The van der Waals surface area contributed by atoms with Gasteiger partial charge in [-0.3, -0.25) is 18.6 Å². The maximum Gasteiger partial charge on any atom is 0.262 e. The van der Waals surface area contributed by atoms with Crippen LogP contribution >= 0.6 is 11.8 Å². The number of hydrogen-bond acceptors (Lipinski definition) is 6. The van der Waals surface area contributed by atoms with E-state index < -0.39 is 0 Å². The number of hydrogen-bond donors (Lipinski definition) is 0. The molecule has 1 aromatic carbocycles. The Balaban J connectivity index is 1.69. The van der Waals surface area contributed by atoms with Gasteiger partial charge in [0, 0.05) is 43.8 Å². The Labute approximate surface area is 196 Å². The van der Waals surface area contributed by atoms with Crippen LogP contribution in [-0.2, 0) is 17.8 Å². The molecule has 0 fully saturated rings. The van der Waals surface area contributed by atoms with Crippen molar-refractivity contribution >= 4 is 34.2 Å². The van der Waals surface area contributed by atoms with Gasteiger partial charge >= 0.3 is 0 Å². The molecule has 0 aliphatic rings. The second kappa shape index (κ2) is 9.93. The smallest absolute Gasteiger partial charge is 0.262 e. The molecule has 3 aromatic heterocycles. The molecule has 9 heteroatoms. The Morgan fingerprint density at radius 2 is 1.91 bits per heavy atom. The summed E-state index contributed by atoms with van der Waals surface area (Å²) in [6, 6.07) is 9.40. The molecule has 0 amide bonds. The number of rotatable bonds is 10. The molecule has 0 aliphatic heterocycles. The van der Waals surface area contributed by atoms with Crippen molar-refractivity contribution in [2.24, 2.45) is 0 Å². The molecule has 0 bridgehead atoms. The zero-order valence-electron chi connectivity index (χ0n) is 19.5. The third kappa shape index (κ3) is 4.35. The molecule has 0 N–H and O–H groups in total. The van der Waals surface area contributed by atoms with Crippen molar-refractivity contribution in [2.45, 2.75) is 51.9 Å². The molecule has 0 aliphatic carbocycles. The van der Waals surface area contributed by atoms with Crippen LogP contribution in [-0.4, -0.2) is 49.0 Å². The summed E-state index contributed by atoms with van der Waals surface area (Å²) in [6.07, 6.45) is 1.70. The van der Waals surface area contributed by atoms with Crippen LogP contribution in [0.5, 0.6) is 0 Å². The molecule has 8 nitrogen and oxygen atoms in total. The van der Waals surface area contributed by atoms with Gasteiger partial charge in [-0.25, -0.2) is 0 Å². The molecule has 0 atom stereocenters. The van der Waals surface area contributed by atoms with Gasteiger partial charge in [0.1, 0.15) is 0 Å². The Kier molecular flexibility index (Phi) is 6.99. The summed E-state index contributed by atoms with van der Waals surface area (Å²) < 4.78 is 10.9. The molecular weight excluding hydrogens is 438 g/mol. The van der Waals surface area contributed by atoms with Crippen molar-refractivity contribution in [3.05, 3.63) is 57.6 Å². The number of para-hydroxylation sites is 1. The summed E-state index contributed by atoms with van der Waals surface area (Å²) in [7, 11) is 1.64. The van der Waals surface area contributed by atoms with Crippen molar-refractivity contribution in [1.29, 1.82) is 0 Å². The lowest BCUT2D eigenvalue weighted by Crippen LogP contribution is -2.24. The number of aryl methyl sites for hydroxylation is 2. The number of methoxy groups -OCH3 is 1. The van der Waals surface area contributed by atoms with Gasteiger partial charge in [-0.2, -0.15) is 0 Å². The lowest BCUT2D eigenvalue weighted by molar-refractivity contribution is 0.102. The SMILES string of the molecule is CCCn1c(C)cc(C(=O)CSc2nnc3n(CCCOC)c(=O)c4ccccc4n23)c1C. The van der Waals surface area contributed by atoms with Crippen molar-refractivity contribution in [1.82, 2.24) is 23.7 Å². The van der Waals surface area contributed by atoms with Crippen LogP contribution in [0.4, 0.5) is 0 Å². The predicted octanol–water partition coefficient (Wildman–Crippen LogP) is 3.88. The molecule has 0 radical (unpaired) electrons. The normalized spacial score (nSPS) is 11.6. The number of ether oxygens (including phenoxy) is 1. The number of benzene rings is 1. The summed E-state index contributed by atoms with van der Waals surface area (Å²) in [5, 5.41) is 9.85. The molecule has 4 rings (SSSR count). The minimum atomic E-state index is -0.0995. The highest BCUT2D eigenvalue weighted by atomic mass is 32.2. The van der Waals surface area contributed by atoms with Gasteiger partial charge < -0.3 is 9.30 Å². The van der Waals surface area contributed by atoms with E-state index in [1.54, 1.807) is 11.7 Å². The Bertz CT molecular complexity index is 1370. The standard InChI is InChI=1S/C24H29N5O3S/c1-5-11-27-16(2)14-19(17(27)3)21(30)15-33-24-26-25-23-28(12-8-13-32-4)22(31)18-9-6-7-10-20(18)29(23)24/h6-7,9-10,14H,5,8,11-13,15H2,1-4H3. The van der Waals surface area contributed by atoms with Gasteiger partial charge in [0.05, 0.1) is 16.7 Å². The minimum absolute atomic E-state index is 0.0601. The van der Waals surface area contributed by atoms with E-state index in [1.165, 1.54) is 11.8 Å². The van der Waals surface area contributed by atoms with Gasteiger partial charge in [-0.15, -0.1) is 10.2 Å². The zero-order valence-corrected chi connectivity index (χ0v) is 20.3. The van der Waals surface area contributed by atoms with Crippen molar-refractivity contribution < 1.29 is 9.53 Å². The van der Waals surface area contributed by atoms with Gasteiger partial charge in [0.25, 0.3) is 5.56 Å². The lowest BCUT2D eigenvalue weighted by atomic mass is 10.2. The maximum atomic E-state index is 13.1. The highest BCUT2D eigenvalue weighted by Gasteiger charge is 2.20. The van der Waals surface area contributed by atoms with Crippen LogP contribution in [0.15, 0.2) is 40.3 Å². The van der Waals surface area contributed by atoms with Crippen molar-refractivity contribution in [3.63, 3.8) is 0 Å². The van der Waals surface area contributed by atoms with Crippen LogP contribution in [0.3, 0.4) is 0 Å². The first-order valence-electron chi connectivity index (χ1n) is 11.2. The van der Waals surface area contributed by atoms with E-state index in [1.807, 2.05) is 48.6 Å². The lowest BCUT2D eigenvalue weighted by Gasteiger charge is -2.11. The fourth-order valence-corrected chi connectivity index (χ4v) is 5.08. The Hall–Kier alpha value is -2.91. The number of Topliss-reactive ketones (excluding diaryl/α,β-unsaturated/α-hetero) is 1. The number of ketones is 1. The number of nitrogens with zero attached hydrogens (tertiary/aromatic N) is 5. The number of fused-ring (bicyclic) bond motifs is 3. The third-order valence-electron chi connectivity index (χ3n) is 5.86. The summed E-state index contributed by atoms with van der Waals surface area (Å²) >= 11 is 1.34. The summed E-state index contributed by atoms with van der Waals surface area (Å²) in [5.74, 6) is 0.782. The largest absolute Gasteiger partial charge is 0.385 e. The van der Waals surface area contributed by atoms with E-state index in [9.17, 15) is 9.59 Å². The van der Waals surface area contributed by atoms with Crippen LogP contribution in [0.1, 0.15) is 41.5 Å². The monoisotopic (exact) mass is 467 g/mol. The molecule has 4 aromatic rings. The average Bonchev–Trinajstić information content (AvgIpc) is 3.36. The van der Waals surface area contributed by atoms with E-state index in [-0.39, 0.29) is 17.1 Å².